The monoisotopic (exact) mass is 388 g/mol. The molecule has 0 saturated carbocycles. The van der Waals surface area contributed by atoms with Crippen LogP contribution in [0.25, 0.3) is 0 Å². The zero-order chi connectivity index (χ0) is 21.2. The fourth-order valence-electron chi connectivity index (χ4n) is 2.17. The molecule has 1 rings (SSSR count). The van der Waals surface area contributed by atoms with Gasteiger partial charge in [-0.1, -0.05) is 12.1 Å². The number of nitrogens with one attached hydrogen (secondary N) is 1. The number of nitrogens with two attached hydrogens (primary N) is 1. The number of methoxy groups -OCH3 is 1. The van der Waals surface area contributed by atoms with Gasteiger partial charge in [-0.05, 0) is 44.9 Å². The van der Waals surface area contributed by atoms with Crippen molar-refractivity contribution in [2.45, 2.75) is 32.8 Å². The van der Waals surface area contributed by atoms with Crippen molar-refractivity contribution in [3.63, 3.8) is 0 Å². The summed E-state index contributed by atoms with van der Waals surface area (Å²) in [4.78, 5) is 25.6. The van der Waals surface area contributed by atoms with E-state index in [9.17, 15) is 14.9 Å². The molecule has 152 valence electrons. The highest BCUT2D eigenvalue weighted by Gasteiger charge is 2.22. The number of ether oxygens (including phenoxy) is 2. The number of carbonyl (C=O) groups excluding carboxylic acids is 2. The molecule has 0 spiro atoms. The Morgan fingerprint density at radius 3 is 2.43 bits per heavy atom. The summed E-state index contributed by atoms with van der Waals surface area (Å²) in [7, 11) is 1.59. The van der Waals surface area contributed by atoms with Gasteiger partial charge in [0, 0.05) is 25.8 Å². The molecule has 0 aliphatic heterocycles. The smallest absolute Gasteiger partial charge is 0.414 e. The predicted octanol–water partition coefficient (Wildman–Crippen LogP) is 1.96. The Hall–Kier alpha value is -3.05. The molecule has 0 saturated heterocycles. The van der Waals surface area contributed by atoms with Gasteiger partial charge in [0.1, 0.15) is 23.0 Å². The van der Waals surface area contributed by atoms with Crippen molar-refractivity contribution in [3.8, 4) is 11.8 Å². The second-order valence-corrected chi connectivity index (χ2v) is 6.97. The van der Waals surface area contributed by atoms with Crippen molar-refractivity contribution in [1.29, 1.82) is 5.26 Å². The number of rotatable bonds is 8. The summed E-state index contributed by atoms with van der Waals surface area (Å²) in [6.07, 6.45) is 1.09. The van der Waals surface area contributed by atoms with Gasteiger partial charge in [-0.25, -0.2) is 4.79 Å². The number of amides is 2. The topological polar surface area (TPSA) is 118 Å². The molecule has 28 heavy (non-hydrogen) atoms. The van der Waals surface area contributed by atoms with Crippen LogP contribution in [0, 0.1) is 11.3 Å². The first-order chi connectivity index (χ1) is 13.2. The van der Waals surface area contributed by atoms with Gasteiger partial charge in [-0.3, -0.25) is 9.69 Å². The van der Waals surface area contributed by atoms with E-state index in [1.54, 1.807) is 27.9 Å². The van der Waals surface area contributed by atoms with Crippen molar-refractivity contribution in [2.24, 2.45) is 5.73 Å². The summed E-state index contributed by atoms with van der Waals surface area (Å²) in [6, 6.07) is 9.29. The van der Waals surface area contributed by atoms with E-state index in [0.29, 0.717) is 13.0 Å². The molecule has 0 radical (unpaired) electrons. The lowest BCUT2D eigenvalue weighted by molar-refractivity contribution is -0.117. The van der Waals surface area contributed by atoms with Crippen LogP contribution >= 0.6 is 0 Å². The van der Waals surface area contributed by atoms with Crippen molar-refractivity contribution in [3.05, 3.63) is 41.6 Å². The van der Waals surface area contributed by atoms with Gasteiger partial charge >= 0.3 is 6.09 Å². The van der Waals surface area contributed by atoms with E-state index in [0.717, 1.165) is 16.2 Å². The lowest BCUT2D eigenvalue weighted by atomic mass is 10.1. The molecule has 1 aromatic carbocycles. The minimum Gasteiger partial charge on any atom is -0.497 e. The maximum Gasteiger partial charge on any atom is 0.414 e. The second kappa shape index (κ2) is 10.9. The lowest BCUT2D eigenvalue weighted by Crippen LogP contribution is -2.37. The number of benzene rings is 1. The Morgan fingerprint density at radius 2 is 1.93 bits per heavy atom. The highest BCUT2D eigenvalue weighted by molar-refractivity contribution is 5.97. The zero-order valence-corrected chi connectivity index (χ0v) is 16.8. The Kier molecular flexibility index (Phi) is 8.99. The van der Waals surface area contributed by atoms with Crippen LogP contribution < -0.4 is 15.8 Å². The van der Waals surface area contributed by atoms with E-state index in [4.69, 9.17) is 15.2 Å². The normalized spacial score (nSPS) is 11.4. The summed E-state index contributed by atoms with van der Waals surface area (Å²) in [6.45, 7) is 5.81. The quantitative estimate of drug-likeness (QED) is 0.519. The number of hydrogen-bond donors (Lipinski definition) is 2. The van der Waals surface area contributed by atoms with Crippen molar-refractivity contribution in [1.82, 2.24) is 10.2 Å². The van der Waals surface area contributed by atoms with E-state index < -0.39 is 17.6 Å². The van der Waals surface area contributed by atoms with Crippen LogP contribution in [0.2, 0.25) is 0 Å². The van der Waals surface area contributed by atoms with Gasteiger partial charge in [-0.2, -0.15) is 5.26 Å². The number of hydrogen-bond acceptors (Lipinski definition) is 6. The summed E-state index contributed by atoms with van der Waals surface area (Å²) >= 11 is 0. The summed E-state index contributed by atoms with van der Waals surface area (Å²) < 4.78 is 10.4. The Balaban J connectivity index is 2.72. The summed E-state index contributed by atoms with van der Waals surface area (Å²) in [5.74, 6) is 0.186. The summed E-state index contributed by atoms with van der Waals surface area (Å²) in [5.41, 5.74) is 5.63. The molecule has 0 aliphatic carbocycles. The Bertz CT molecular complexity index is 730. The number of carbonyl (C=O) groups is 2. The van der Waals surface area contributed by atoms with Crippen LogP contribution in [0.5, 0.6) is 5.75 Å². The van der Waals surface area contributed by atoms with Crippen LogP contribution in [0.15, 0.2) is 36.0 Å². The molecular formula is C20H28N4O4. The van der Waals surface area contributed by atoms with Gasteiger partial charge in [0.25, 0.3) is 5.91 Å². The standard InChI is InChI=1S/C20H28N4O4/c1-20(2,3)28-19(26)24(12-10-21)14-16(13-22)18(25)23-11-9-15-5-7-17(27-4)8-6-15/h5-8,14H,9-12,21H2,1-4H3,(H,23,25)/b16-14-. The second-order valence-electron chi connectivity index (χ2n) is 6.97. The third-order valence-corrected chi connectivity index (χ3v) is 3.51. The Labute approximate surface area is 165 Å². The van der Waals surface area contributed by atoms with Gasteiger partial charge in [0.2, 0.25) is 0 Å². The van der Waals surface area contributed by atoms with E-state index >= 15 is 0 Å². The maximum atomic E-state index is 12.3. The first kappa shape index (κ1) is 23.0. The molecule has 8 heteroatoms. The minimum absolute atomic E-state index is 0.124. The molecular weight excluding hydrogens is 360 g/mol. The molecule has 1 aromatic rings. The average molecular weight is 388 g/mol. The van der Waals surface area contributed by atoms with Crippen LogP contribution in [0.3, 0.4) is 0 Å². The highest BCUT2D eigenvalue weighted by Crippen LogP contribution is 2.12. The van der Waals surface area contributed by atoms with Crippen LogP contribution in [-0.2, 0) is 16.0 Å². The van der Waals surface area contributed by atoms with E-state index in [2.05, 4.69) is 5.32 Å². The average Bonchev–Trinajstić information content (AvgIpc) is 2.64. The van der Waals surface area contributed by atoms with Gasteiger partial charge in [0.15, 0.2) is 0 Å². The van der Waals surface area contributed by atoms with Crippen LogP contribution in [0.4, 0.5) is 4.79 Å². The van der Waals surface area contributed by atoms with Gasteiger partial charge in [0.05, 0.1) is 7.11 Å². The fraction of sp³-hybridized carbons (Fsp3) is 0.450. The molecule has 0 aliphatic rings. The molecule has 8 nitrogen and oxygen atoms in total. The van der Waals surface area contributed by atoms with Gasteiger partial charge < -0.3 is 20.5 Å². The molecule has 3 N–H and O–H groups in total. The third kappa shape index (κ3) is 8.10. The minimum atomic E-state index is -0.703. The molecule has 0 unspecified atom stereocenters. The van der Waals surface area contributed by atoms with E-state index in [1.807, 2.05) is 30.3 Å². The Morgan fingerprint density at radius 1 is 1.29 bits per heavy atom. The summed E-state index contributed by atoms with van der Waals surface area (Å²) in [5, 5.41) is 12.0. The third-order valence-electron chi connectivity index (χ3n) is 3.51. The maximum absolute atomic E-state index is 12.3. The molecule has 2 amide bonds. The van der Waals surface area contributed by atoms with Crippen molar-refractivity contribution in [2.75, 3.05) is 26.7 Å². The largest absolute Gasteiger partial charge is 0.497 e. The van der Waals surface area contributed by atoms with E-state index in [1.165, 1.54) is 6.20 Å². The lowest BCUT2D eigenvalue weighted by Gasteiger charge is -2.25. The number of nitriles is 1. The fourth-order valence-corrected chi connectivity index (χ4v) is 2.17. The van der Waals surface area contributed by atoms with Crippen molar-refractivity contribution >= 4 is 12.0 Å². The number of nitrogens with zero attached hydrogens (tertiary/aromatic N) is 2. The molecule has 0 atom stereocenters. The SMILES string of the molecule is COc1ccc(CCNC(=O)/C(C#N)=C\N(CCN)C(=O)OC(C)(C)C)cc1. The van der Waals surface area contributed by atoms with Crippen LogP contribution in [0.1, 0.15) is 26.3 Å². The van der Waals surface area contributed by atoms with Crippen molar-refractivity contribution < 1.29 is 19.1 Å². The molecule has 0 heterocycles. The first-order valence-electron chi connectivity index (χ1n) is 8.93. The molecule has 0 fully saturated rings. The van der Waals surface area contributed by atoms with Gasteiger partial charge in [-0.15, -0.1) is 0 Å². The molecule has 0 aromatic heterocycles. The zero-order valence-electron chi connectivity index (χ0n) is 16.8. The highest BCUT2D eigenvalue weighted by atomic mass is 16.6. The van der Waals surface area contributed by atoms with Crippen LogP contribution in [-0.4, -0.2) is 49.2 Å². The predicted molar refractivity (Wildman–Crippen MR) is 105 cm³/mol. The first-order valence-corrected chi connectivity index (χ1v) is 8.93. The molecule has 0 bridgehead atoms. The van der Waals surface area contributed by atoms with E-state index in [-0.39, 0.29) is 18.7 Å².